The first-order valence-corrected chi connectivity index (χ1v) is 6.71. The lowest BCUT2D eigenvalue weighted by atomic mass is 9.98. The van der Waals surface area contributed by atoms with Crippen LogP contribution in [-0.4, -0.2) is 61.3 Å². The normalized spacial score (nSPS) is 31.8. The summed E-state index contributed by atoms with van der Waals surface area (Å²) in [6, 6.07) is 0. The van der Waals surface area contributed by atoms with Gasteiger partial charge in [0.05, 0.1) is 12.9 Å². The van der Waals surface area contributed by atoms with E-state index >= 15 is 0 Å². The number of nitrogens with two attached hydrogens (primary N) is 1. The molecular formula is C12H17FN6O3. The smallest absolute Gasteiger partial charge is 0.224 e. The molecule has 0 bridgehead atoms. The molecule has 0 amide bonds. The van der Waals surface area contributed by atoms with E-state index in [-0.39, 0.29) is 11.6 Å². The Bertz CT molecular complexity index is 705. The van der Waals surface area contributed by atoms with Crippen LogP contribution in [0.1, 0.15) is 13.2 Å². The molecule has 2 aromatic heterocycles. The van der Waals surface area contributed by atoms with Gasteiger partial charge in [-0.15, -0.1) is 0 Å². The van der Waals surface area contributed by atoms with Crippen LogP contribution in [0.4, 0.5) is 16.2 Å². The second-order valence-corrected chi connectivity index (χ2v) is 5.31. The van der Waals surface area contributed by atoms with Crippen molar-refractivity contribution >= 4 is 22.9 Å². The summed E-state index contributed by atoms with van der Waals surface area (Å²) in [7, 11) is 1.65. The minimum absolute atomic E-state index is 0.00332. The van der Waals surface area contributed by atoms with Gasteiger partial charge in [0.15, 0.2) is 28.9 Å². The number of hydrogen-bond acceptors (Lipinski definition) is 8. The highest BCUT2D eigenvalue weighted by Gasteiger charge is 2.55. The Morgan fingerprint density at radius 3 is 2.86 bits per heavy atom. The van der Waals surface area contributed by atoms with E-state index < -0.39 is 30.7 Å². The third kappa shape index (κ3) is 1.99. The summed E-state index contributed by atoms with van der Waals surface area (Å²) in [4.78, 5) is 12.2. The fourth-order valence-electron chi connectivity index (χ4n) is 2.64. The molecule has 10 heteroatoms. The summed E-state index contributed by atoms with van der Waals surface area (Å²) >= 11 is 0. The summed E-state index contributed by atoms with van der Waals surface area (Å²) < 4.78 is 21.6. The Balaban J connectivity index is 2.13. The topological polar surface area (TPSA) is 131 Å². The molecule has 0 spiro atoms. The van der Waals surface area contributed by atoms with E-state index in [9.17, 15) is 14.6 Å². The fourth-order valence-corrected chi connectivity index (χ4v) is 2.64. The Morgan fingerprint density at radius 2 is 2.27 bits per heavy atom. The monoisotopic (exact) mass is 312 g/mol. The summed E-state index contributed by atoms with van der Waals surface area (Å²) in [6.07, 6.45) is -2.35. The molecule has 3 heterocycles. The third-order valence-corrected chi connectivity index (χ3v) is 3.83. The second kappa shape index (κ2) is 5.00. The first kappa shape index (κ1) is 14.9. The minimum atomic E-state index is -2.12. The summed E-state index contributed by atoms with van der Waals surface area (Å²) in [6.45, 7) is 0.704. The van der Waals surface area contributed by atoms with Gasteiger partial charge in [0.1, 0.15) is 12.2 Å². The molecule has 0 aromatic carbocycles. The van der Waals surface area contributed by atoms with Gasteiger partial charge in [-0.2, -0.15) is 9.97 Å². The van der Waals surface area contributed by atoms with Gasteiger partial charge in [0, 0.05) is 7.05 Å². The molecule has 1 aliphatic heterocycles. The molecule has 0 radical (unpaired) electrons. The minimum Gasteiger partial charge on any atom is -0.394 e. The van der Waals surface area contributed by atoms with E-state index in [1.807, 2.05) is 0 Å². The maximum atomic E-state index is 14.9. The Kier molecular flexibility index (Phi) is 3.38. The quantitative estimate of drug-likeness (QED) is 0.592. The molecule has 0 aliphatic carbocycles. The van der Waals surface area contributed by atoms with Crippen molar-refractivity contribution in [2.75, 3.05) is 24.7 Å². The standard InChI is InChI=1S/C12H17FN6O3/c1-12(13)7(21)5(3-20)22-10(12)19-4-16-6-8(15-2)17-11(14)18-9(6)19/h4-5,7,10,20-21H,3H2,1-2H3,(H3,14,15,17,18)/t5-,7?,10-,12-/m1/s1. The second-order valence-electron chi connectivity index (χ2n) is 5.31. The lowest BCUT2D eigenvalue weighted by Crippen LogP contribution is -2.40. The van der Waals surface area contributed by atoms with Crippen LogP contribution in [0.5, 0.6) is 0 Å². The molecule has 4 atom stereocenters. The van der Waals surface area contributed by atoms with E-state index in [2.05, 4.69) is 20.3 Å². The van der Waals surface area contributed by atoms with Gasteiger partial charge in [-0.05, 0) is 6.92 Å². The van der Waals surface area contributed by atoms with E-state index in [0.29, 0.717) is 11.3 Å². The number of aliphatic hydroxyl groups excluding tert-OH is 2. The van der Waals surface area contributed by atoms with Gasteiger partial charge >= 0.3 is 0 Å². The fraction of sp³-hybridized carbons (Fsp3) is 0.583. The molecule has 1 saturated heterocycles. The average Bonchev–Trinajstić information content (AvgIpc) is 2.98. The highest BCUT2D eigenvalue weighted by atomic mass is 19.1. The number of anilines is 2. The SMILES string of the molecule is CNc1nc(N)nc2c1ncn2[C@@H]1O[C@H](CO)C(O)[C@@]1(C)F. The van der Waals surface area contributed by atoms with Gasteiger partial charge in [-0.1, -0.05) is 0 Å². The number of fused-ring (bicyclic) bond motifs is 1. The number of aliphatic hydroxyl groups is 2. The lowest BCUT2D eigenvalue weighted by molar-refractivity contribution is -0.0566. The lowest BCUT2D eigenvalue weighted by Gasteiger charge is -2.24. The number of alkyl halides is 1. The average molecular weight is 312 g/mol. The Labute approximate surface area is 124 Å². The van der Waals surface area contributed by atoms with Crippen LogP contribution in [0.25, 0.3) is 11.2 Å². The Morgan fingerprint density at radius 1 is 1.55 bits per heavy atom. The largest absolute Gasteiger partial charge is 0.394 e. The maximum Gasteiger partial charge on any atom is 0.224 e. The van der Waals surface area contributed by atoms with Crippen LogP contribution < -0.4 is 11.1 Å². The third-order valence-electron chi connectivity index (χ3n) is 3.83. The van der Waals surface area contributed by atoms with E-state index in [1.54, 1.807) is 7.05 Å². The first-order chi connectivity index (χ1) is 10.4. The van der Waals surface area contributed by atoms with Crippen molar-refractivity contribution in [3.05, 3.63) is 6.33 Å². The highest BCUT2D eigenvalue weighted by Crippen LogP contribution is 2.42. The molecular weight excluding hydrogens is 295 g/mol. The molecule has 1 unspecified atom stereocenters. The van der Waals surface area contributed by atoms with Crippen LogP contribution in [-0.2, 0) is 4.74 Å². The van der Waals surface area contributed by atoms with Crippen molar-refractivity contribution in [1.29, 1.82) is 0 Å². The number of ether oxygens (including phenoxy) is 1. The van der Waals surface area contributed by atoms with Crippen LogP contribution >= 0.6 is 0 Å². The van der Waals surface area contributed by atoms with E-state index in [0.717, 1.165) is 0 Å². The summed E-state index contributed by atoms with van der Waals surface area (Å²) in [5.41, 5.74) is 4.20. The van der Waals surface area contributed by atoms with Crippen molar-refractivity contribution in [2.45, 2.75) is 31.0 Å². The molecule has 0 saturated carbocycles. The van der Waals surface area contributed by atoms with Crippen LogP contribution in [0.15, 0.2) is 6.33 Å². The number of rotatable bonds is 3. The number of imidazole rings is 1. The number of nitrogens with zero attached hydrogens (tertiary/aromatic N) is 4. The molecule has 5 N–H and O–H groups in total. The van der Waals surface area contributed by atoms with Gasteiger partial charge < -0.3 is 26.0 Å². The molecule has 9 nitrogen and oxygen atoms in total. The van der Waals surface area contributed by atoms with Crippen LogP contribution in [0.2, 0.25) is 0 Å². The first-order valence-electron chi connectivity index (χ1n) is 6.71. The molecule has 120 valence electrons. The maximum absolute atomic E-state index is 14.9. The number of halogens is 1. The molecule has 1 aliphatic rings. The summed E-state index contributed by atoms with van der Waals surface area (Å²) in [5.74, 6) is 0.399. The number of hydrogen-bond donors (Lipinski definition) is 4. The molecule has 1 fully saturated rings. The van der Waals surface area contributed by atoms with Crippen LogP contribution in [0.3, 0.4) is 0 Å². The predicted octanol–water partition coefficient (Wildman–Crippen LogP) is -0.571. The number of nitrogens with one attached hydrogen (secondary N) is 1. The zero-order valence-corrected chi connectivity index (χ0v) is 12.1. The summed E-state index contributed by atoms with van der Waals surface area (Å²) in [5, 5.41) is 22.0. The van der Waals surface area contributed by atoms with Crippen molar-refractivity contribution in [2.24, 2.45) is 0 Å². The number of aromatic nitrogens is 4. The van der Waals surface area contributed by atoms with Gasteiger partial charge in [-0.25, -0.2) is 9.37 Å². The molecule has 2 aromatic rings. The van der Waals surface area contributed by atoms with Crippen LogP contribution in [0, 0.1) is 0 Å². The highest BCUT2D eigenvalue weighted by molar-refractivity contribution is 5.84. The Hall–Kier alpha value is -2.04. The predicted molar refractivity (Wildman–Crippen MR) is 75.8 cm³/mol. The van der Waals surface area contributed by atoms with Crippen molar-refractivity contribution < 1.29 is 19.3 Å². The molecule has 22 heavy (non-hydrogen) atoms. The van der Waals surface area contributed by atoms with Crippen molar-refractivity contribution in [3.8, 4) is 0 Å². The zero-order valence-electron chi connectivity index (χ0n) is 12.1. The van der Waals surface area contributed by atoms with E-state index in [4.69, 9.17) is 10.5 Å². The van der Waals surface area contributed by atoms with Gasteiger partial charge in [0.2, 0.25) is 5.95 Å². The molecule has 3 rings (SSSR count). The van der Waals surface area contributed by atoms with Gasteiger partial charge in [-0.3, -0.25) is 4.57 Å². The van der Waals surface area contributed by atoms with Crippen molar-refractivity contribution in [3.63, 3.8) is 0 Å². The zero-order chi connectivity index (χ0) is 16.1. The van der Waals surface area contributed by atoms with E-state index in [1.165, 1.54) is 17.8 Å². The number of nitrogen functional groups attached to an aromatic ring is 1. The van der Waals surface area contributed by atoms with Gasteiger partial charge in [0.25, 0.3) is 0 Å². The van der Waals surface area contributed by atoms with Crippen molar-refractivity contribution in [1.82, 2.24) is 19.5 Å².